The molecule has 3 aromatic rings. The zero-order chi connectivity index (χ0) is 16.9. The number of hydrogen-bond acceptors (Lipinski definition) is 3. The van der Waals surface area contributed by atoms with Gasteiger partial charge in [0.15, 0.2) is 5.69 Å². The molecule has 0 atom stereocenters. The maximum absolute atomic E-state index is 11.9. The lowest BCUT2D eigenvalue weighted by molar-refractivity contribution is 0.0937. The summed E-state index contributed by atoms with van der Waals surface area (Å²) in [5.41, 5.74) is 10.3. The molecule has 0 saturated carbocycles. The van der Waals surface area contributed by atoms with Crippen molar-refractivity contribution < 1.29 is 4.79 Å². The van der Waals surface area contributed by atoms with Crippen molar-refractivity contribution in [2.75, 3.05) is 0 Å². The predicted molar refractivity (Wildman–Crippen MR) is 94.8 cm³/mol. The van der Waals surface area contributed by atoms with Gasteiger partial charge in [0.2, 0.25) is 0 Å². The lowest BCUT2D eigenvalue weighted by Gasteiger charge is -2.11. The molecule has 0 unspecified atom stereocenters. The van der Waals surface area contributed by atoms with Crippen molar-refractivity contribution in [3.63, 3.8) is 0 Å². The van der Waals surface area contributed by atoms with Crippen LogP contribution in [0.1, 0.15) is 21.7 Å². The van der Waals surface area contributed by atoms with Crippen LogP contribution in [0.25, 0.3) is 16.8 Å². The highest BCUT2D eigenvalue weighted by molar-refractivity contribution is 5.92. The first-order valence-electron chi connectivity index (χ1n) is 7.56. The maximum atomic E-state index is 11.9. The molecule has 120 valence electrons. The van der Waals surface area contributed by atoms with Crippen molar-refractivity contribution in [1.82, 2.24) is 21.0 Å². The van der Waals surface area contributed by atoms with Gasteiger partial charge in [-0.2, -0.15) is 5.10 Å². The Kier molecular flexibility index (Phi) is 4.43. The summed E-state index contributed by atoms with van der Waals surface area (Å²) < 4.78 is 0. The van der Waals surface area contributed by atoms with E-state index in [1.165, 1.54) is 0 Å². The van der Waals surface area contributed by atoms with Gasteiger partial charge in [-0.05, 0) is 29.7 Å². The Hall–Kier alpha value is -3.34. The highest BCUT2D eigenvalue weighted by Gasteiger charge is 2.09. The minimum atomic E-state index is -0.318. The number of hydrazine groups is 1. The van der Waals surface area contributed by atoms with Crippen LogP contribution in [0, 0.1) is 6.92 Å². The maximum Gasteiger partial charge on any atom is 0.290 e. The number of aromatic nitrogens is 2. The number of rotatable bonds is 5. The molecule has 24 heavy (non-hydrogen) atoms. The molecule has 5 heteroatoms. The number of aromatic amines is 1. The van der Waals surface area contributed by atoms with Gasteiger partial charge in [-0.3, -0.25) is 20.7 Å². The third kappa shape index (κ3) is 3.52. The van der Waals surface area contributed by atoms with Gasteiger partial charge < -0.3 is 0 Å². The Balaban J connectivity index is 1.62. The zero-order valence-electron chi connectivity index (χ0n) is 13.3. The quantitative estimate of drug-likeness (QED) is 0.632. The molecular weight excluding hydrogens is 300 g/mol. The Morgan fingerprint density at radius 3 is 2.29 bits per heavy atom. The number of nitrogens with zero attached hydrogens (tertiary/aromatic N) is 1. The van der Waals surface area contributed by atoms with Crippen LogP contribution in [0.3, 0.4) is 0 Å². The summed E-state index contributed by atoms with van der Waals surface area (Å²) in [7, 11) is 0. The van der Waals surface area contributed by atoms with Crippen LogP contribution in [-0.2, 0) is 0 Å². The van der Waals surface area contributed by atoms with Gasteiger partial charge in [-0.25, -0.2) is 0 Å². The van der Waals surface area contributed by atoms with E-state index in [1.807, 2.05) is 49.4 Å². The average Bonchev–Trinajstić information content (AvgIpc) is 3.07. The van der Waals surface area contributed by atoms with Gasteiger partial charge in [0, 0.05) is 5.69 Å². The molecule has 1 aromatic heterocycles. The molecule has 0 aliphatic heterocycles. The van der Waals surface area contributed by atoms with E-state index >= 15 is 0 Å². The summed E-state index contributed by atoms with van der Waals surface area (Å²) in [4.78, 5) is 11.9. The number of benzene rings is 2. The first kappa shape index (κ1) is 15.6. The molecule has 0 fully saturated rings. The van der Waals surface area contributed by atoms with Gasteiger partial charge in [0.1, 0.15) is 0 Å². The molecule has 0 spiro atoms. The summed E-state index contributed by atoms with van der Waals surface area (Å²) in [6, 6.07) is 19.8. The van der Waals surface area contributed by atoms with Gasteiger partial charge in [0.05, 0.1) is 5.70 Å². The van der Waals surface area contributed by atoms with Crippen LogP contribution in [-0.4, -0.2) is 16.1 Å². The van der Waals surface area contributed by atoms with Crippen molar-refractivity contribution in [3.05, 3.63) is 84.2 Å². The fourth-order valence-corrected chi connectivity index (χ4v) is 2.30. The van der Waals surface area contributed by atoms with Crippen LogP contribution in [0.15, 0.2) is 67.2 Å². The van der Waals surface area contributed by atoms with Crippen molar-refractivity contribution in [1.29, 1.82) is 0 Å². The first-order valence-corrected chi connectivity index (χ1v) is 7.56. The topological polar surface area (TPSA) is 69.8 Å². The zero-order valence-corrected chi connectivity index (χ0v) is 13.3. The molecule has 2 aromatic carbocycles. The molecule has 1 heterocycles. The predicted octanol–water partition coefficient (Wildman–Crippen LogP) is 3.29. The van der Waals surface area contributed by atoms with Gasteiger partial charge in [0.25, 0.3) is 5.91 Å². The second kappa shape index (κ2) is 6.83. The molecule has 5 nitrogen and oxygen atoms in total. The SMILES string of the molecule is C=C(NNC(=O)c1cc(C)[nH]n1)c1ccc(-c2ccccc2)cc1. The van der Waals surface area contributed by atoms with E-state index in [4.69, 9.17) is 0 Å². The lowest BCUT2D eigenvalue weighted by Crippen LogP contribution is -2.36. The smallest absolute Gasteiger partial charge is 0.290 e. The molecule has 0 aliphatic carbocycles. The Bertz CT molecular complexity index is 851. The Morgan fingerprint density at radius 2 is 1.67 bits per heavy atom. The van der Waals surface area contributed by atoms with Gasteiger partial charge in [-0.15, -0.1) is 0 Å². The van der Waals surface area contributed by atoms with E-state index in [2.05, 4.69) is 39.8 Å². The fraction of sp³-hybridized carbons (Fsp3) is 0.0526. The summed E-state index contributed by atoms with van der Waals surface area (Å²) in [5.74, 6) is -0.318. The van der Waals surface area contributed by atoms with Crippen LogP contribution >= 0.6 is 0 Å². The summed E-state index contributed by atoms with van der Waals surface area (Å²) in [5, 5.41) is 6.63. The largest absolute Gasteiger partial charge is 0.298 e. The number of hydrogen-bond donors (Lipinski definition) is 3. The first-order chi connectivity index (χ1) is 11.6. The highest BCUT2D eigenvalue weighted by atomic mass is 16.2. The monoisotopic (exact) mass is 318 g/mol. The van der Waals surface area contributed by atoms with Gasteiger partial charge >= 0.3 is 0 Å². The third-order valence-electron chi connectivity index (χ3n) is 3.61. The molecule has 3 rings (SSSR count). The van der Waals surface area contributed by atoms with E-state index < -0.39 is 0 Å². The van der Waals surface area contributed by atoms with E-state index in [-0.39, 0.29) is 5.91 Å². The van der Waals surface area contributed by atoms with Crippen molar-refractivity contribution >= 4 is 11.6 Å². The second-order valence-corrected chi connectivity index (χ2v) is 5.44. The number of nitrogens with one attached hydrogen (secondary N) is 3. The summed E-state index contributed by atoms with van der Waals surface area (Å²) >= 11 is 0. The standard InChI is InChI=1S/C19H18N4O/c1-13-12-18(22-20-13)19(24)23-21-14(2)15-8-10-17(11-9-15)16-6-4-3-5-7-16/h3-12,21H,2H2,1H3,(H,20,22)(H,23,24). The third-order valence-corrected chi connectivity index (χ3v) is 3.61. The van der Waals surface area contributed by atoms with E-state index in [1.54, 1.807) is 6.07 Å². The van der Waals surface area contributed by atoms with Crippen molar-refractivity contribution in [3.8, 4) is 11.1 Å². The van der Waals surface area contributed by atoms with E-state index in [0.717, 1.165) is 22.4 Å². The summed E-state index contributed by atoms with van der Waals surface area (Å²) in [6.45, 7) is 5.78. The molecule has 0 aliphatic rings. The average molecular weight is 318 g/mol. The van der Waals surface area contributed by atoms with Crippen LogP contribution in [0.5, 0.6) is 0 Å². The number of aryl methyl sites for hydroxylation is 1. The van der Waals surface area contributed by atoms with Crippen LogP contribution in [0.2, 0.25) is 0 Å². The summed E-state index contributed by atoms with van der Waals surface area (Å²) in [6.07, 6.45) is 0. The van der Waals surface area contributed by atoms with Crippen molar-refractivity contribution in [2.24, 2.45) is 0 Å². The number of amides is 1. The molecule has 1 amide bonds. The molecule has 3 N–H and O–H groups in total. The van der Waals surface area contributed by atoms with Crippen LogP contribution in [0.4, 0.5) is 0 Å². The normalized spacial score (nSPS) is 10.2. The Morgan fingerprint density at radius 1 is 1.00 bits per heavy atom. The number of carbonyl (C=O) groups is 1. The molecule has 0 saturated heterocycles. The fourth-order valence-electron chi connectivity index (χ4n) is 2.30. The van der Waals surface area contributed by atoms with Crippen molar-refractivity contribution in [2.45, 2.75) is 6.92 Å². The molecule has 0 radical (unpaired) electrons. The minimum Gasteiger partial charge on any atom is -0.298 e. The molecule has 0 bridgehead atoms. The van der Waals surface area contributed by atoms with Crippen LogP contribution < -0.4 is 10.9 Å². The number of H-pyrrole nitrogens is 1. The molecular formula is C19H18N4O. The highest BCUT2D eigenvalue weighted by Crippen LogP contribution is 2.20. The number of carbonyl (C=O) groups excluding carboxylic acids is 1. The minimum absolute atomic E-state index is 0.318. The lowest BCUT2D eigenvalue weighted by atomic mass is 10.0. The Labute approximate surface area is 140 Å². The second-order valence-electron chi connectivity index (χ2n) is 5.44. The van der Waals surface area contributed by atoms with E-state index in [9.17, 15) is 4.79 Å². The van der Waals surface area contributed by atoms with Gasteiger partial charge in [-0.1, -0.05) is 61.2 Å². The van der Waals surface area contributed by atoms with E-state index in [0.29, 0.717) is 11.4 Å².